The van der Waals surface area contributed by atoms with Gasteiger partial charge in [0.2, 0.25) is 5.88 Å². The Morgan fingerprint density at radius 3 is 2.47 bits per heavy atom. The Balaban J connectivity index is 2.58. The fourth-order valence-electron chi connectivity index (χ4n) is 1.76. The number of ether oxygens (including phenoxy) is 1. The number of nitriles is 1. The van der Waals surface area contributed by atoms with Gasteiger partial charge in [0.1, 0.15) is 0 Å². The summed E-state index contributed by atoms with van der Waals surface area (Å²) in [5.41, 5.74) is 2.38. The lowest BCUT2D eigenvalue weighted by Gasteiger charge is -2.09. The van der Waals surface area contributed by atoms with Crippen molar-refractivity contribution in [3.63, 3.8) is 0 Å². The van der Waals surface area contributed by atoms with E-state index < -0.39 is 0 Å². The summed E-state index contributed by atoms with van der Waals surface area (Å²) in [6.45, 7) is 0. The summed E-state index contributed by atoms with van der Waals surface area (Å²) in [7, 11) is 1.54. The summed E-state index contributed by atoms with van der Waals surface area (Å²) in [6, 6.07) is 9.17. The molecule has 1 heterocycles. The van der Waals surface area contributed by atoms with Crippen LogP contribution in [0.25, 0.3) is 11.1 Å². The summed E-state index contributed by atoms with van der Waals surface area (Å²) in [5.74, 6) is 0.472. The Labute approximate surface area is 121 Å². The number of nitrogens with zero attached hydrogens (tertiary/aromatic N) is 2. The van der Waals surface area contributed by atoms with E-state index in [9.17, 15) is 0 Å². The van der Waals surface area contributed by atoms with Crippen LogP contribution in [0.4, 0.5) is 0 Å². The fourth-order valence-corrected chi connectivity index (χ4v) is 2.29. The first kappa shape index (κ1) is 13.7. The molecule has 0 saturated heterocycles. The lowest BCUT2D eigenvalue weighted by atomic mass is 10.0. The highest BCUT2D eigenvalue weighted by atomic mass is 35.5. The SMILES string of the molecule is COc1ncc(CC#N)cc1-c1cc(Cl)cc(Cl)c1. The lowest BCUT2D eigenvalue weighted by molar-refractivity contribution is 0.399. The van der Waals surface area contributed by atoms with Crippen molar-refractivity contribution in [2.45, 2.75) is 6.42 Å². The number of rotatable bonds is 3. The molecule has 1 aromatic heterocycles. The Morgan fingerprint density at radius 1 is 1.21 bits per heavy atom. The number of hydrogen-bond acceptors (Lipinski definition) is 3. The largest absolute Gasteiger partial charge is 0.481 e. The van der Waals surface area contributed by atoms with Crippen LogP contribution in [-0.2, 0) is 6.42 Å². The molecule has 0 spiro atoms. The van der Waals surface area contributed by atoms with Gasteiger partial charge in [-0.05, 0) is 35.4 Å². The summed E-state index contributed by atoms with van der Waals surface area (Å²) >= 11 is 12.0. The maximum absolute atomic E-state index is 8.74. The molecule has 19 heavy (non-hydrogen) atoms. The first-order chi connectivity index (χ1) is 9.13. The molecule has 0 N–H and O–H groups in total. The van der Waals surface area contributed by atoms with Crippen LogP contribution in [0.5, 0.6) is 5.88 Å². The molecule has 5 heteroatoms. The van der Waals surface area contributed by atoms with Crippen molar-refractivity contribution in [3.8, 4) is 23.1 Å². The first-order valence-corrected chi connectivity index (χ1v) is 6.26. The van der Waals surface area contributed by atoms with Crippen molar-refractivity contribution >= 4 is 23.2 Å². The Kier molecular flexibility index (Phi) is 4.26. The Bertz CT molecular complexity index is 630. The average molecular weight is 293 g/mol. The standard InChI is InChI=1S/C14H10Cl2N2O/c1-19-14-13(4-9(2-3-17)8-18-14)10-5-11(15)7-12(16)6-10/h4-8H,2H2,1H3. The maximum atomic E-state index is 8.74. The lowest BCUT2D eigenvalue weighted by Crippen LogP contribution is -1.94. The minimum Gasteiger partial charge on any atom is -0.481 e. The predicted octanol–water partition coefficient (Wildman–Crippen LogP) is 4.13. The number of methoxy groups -OCH3 is 1. The summed E-state index contributed by atoms with van der Waals surface area (Å²) in [5, 5.41) is 9.82. The van der Waals surface area contributed by atoms with Crippen LogP contribution < -0.4 is 4.74 Å². The van der Waals surface area contributed by atoms with Crippen LogP contribution in [-0.4, -0.2) is 12.1 Å². The molecule has 0 aliphatic rings. The molecule has 3 nitrogen and oxygen atoms in total. The molecule has 0 bridgehead atoms. The molecule has 96 valence electrons. The molecular formula is C14H10Cl2N2O. The Morgan fingerprint density at radius 2 is 1.89 bits per heavy atom. The van der Waals surface area contributed by atoms with E-state index in [0.29, 0.717) is 15.9 Å². The van der Waals surface area contributed by atoms with Gasteiger partial charge in [-0.1, -0.05) is 23.2 Å². The van der Waals surface area contributed by atoms with Gasteiger partial charge in [0.15, 0.2) is 0 Å². The quantitative estimate of drug-likeness (QED) is 0.854. The van der Waals surface area contributed by atoms with E-state index in [1.807, 2.05) is 6.07 Å². The van der Waals surface area contributed by atoms with E-state index in [1.54, 1.807) is 31.5 Å². The van der Waals surface area contributed by atoms with Crippen molar-refractivity contribution in [1.82, 2.24) is 4.98 Å². The van der Waals surface area contributed by atoms with E-state index in [-0.39, 0.29) is 6.42 Å². The zero-order valence-corrected chi connectivity index (χ0v) is 11.7. The zero-order valence-electron chi connectivity index (χ0n) is 10.2. The summed E-state index contributed by atoms with van der Waals surface area (Å²) in [4.78, 5) is 4.19. The first-order valence-electron chi connectivity index (χ1n) is 5.50. The summed E-state index contributed by atoms with van der Waals surface area (Å²) in [6.07, 6.45) is 1.91. The minimum absolute atomic E-state index is 0.290. The van der Waals surface area contributed by atoms with E-state index in [2.05, 4.69) is 11.1 Å². The van der Waals surface area contributed by atoms with Crippen molar-refractivity contribution in [2.24, 2.45) is 0 Å². The van der Waals surface area contributed by atoms with Crippen molar-refractivity contribution in [1.29, 1.82) is 5.26 Å². The van der Waals surface area contributed by atoms with Crippen LogP contribution in [0.3, 0.4) is 0 Å². The van der Waals surface area contributed by atoms with Crippen molar-refractivity contribution in [3.05, 3.63) is 46.1 Å². The minimum atomic E-state index is 0.290. The highest BCUT2D eigenvalue weighted by Gasteiger charge is 2.10. The molecule has 0 aliphatic heterocycles. The number of halogens is 2. The highest BCUT2D eigenvalue weighted by Crippen LogP contribution is 2.32. The van der Waals surface area contributed by atoms with Gasteiger partial charge in [-0.3, -0.25) is 0 Å². The molecule has 0 saturated carbocycles. The van der Waals surface area contributed by atoms with Crippen LogP contribution >= 0.6 is 23.2 Å². The van der Waals surface area contributed by atoms with Crippen LogP contribution in [0.2, 0.25) is 10.0 Å². The van der Waals surface area contributed by atoms with Gasteiger partial charge in [0, 0.05) is 21.8 Å². The third-order valence-corrected chi connectivity index (χ3v) is 2.99. The van der Waals surface area contributed by atoms with Crippen molar-refractivity contribution < 1.29 is 4.74 Å². The van der Waals surface area contributed by atoms with Gasteiger partial charge in [0.25, 0.3) is 0 Å². The van der Waals surface area contributed by atoms with Gasteiger partial charge < -0.3 is 4.74 Å². The molecule has 0 atom stereocenters. The van der Waals surface area contributed by atoms with Crippen LogP contribution in [0, 0.1) is 11.3 Å². The van der Waals surface area contributed by atoms with Gasteiger partial charge in [-0.15, -0.1) is 0 Å². The van der Waals surface area contributed by atoms with Gasteiger partial charge >= 0.3 is 0 Å². The van der Waals surface area contributed by atoms with Crippen LogP contribution in [0.1, 0.15) is 5.56 Å². The molecular weight excluding hydrogens is 283 g/mol. The van der Waals surface area contributed by atoms with Gasteiger partial charge in [0.05, 0.1) is 19.6 Å². The van der Waals surface area contributed by atoms with E-state index >= 15 is 0 Å². The summed E-state index contributed by atoms with van der Waals surface area (Å²) < 4.78 is 5.23. The average Bonchev–Trinajstić information content (AvgIpc) is 2.38. The van der Waals surface area contributed by atoms with Crippen LogP contribution in [0.15, 0.2) is 30.5 Å². The molecule has 2 rings (SSSR count). The number of pyridine rings is 1. The number of hydrogen-bond donors (Lipinski definition) is 0. The second-order valence-electron chi connectivity index (χ2n) is 3.89. The fraction of sp³-hybridized carbons (Fsp3) is 0.143. The van der Waals surface area contributed by atoms with E-state index in [4.69, 9.17) is 33.2 Å². The number of aromatic nitrogens is 1. The Hall–Kier alpha value is -1.76. The molecule has 0 aliphatic carbocycles. The second-order valence-corrected chi connectivity index (χ2v) is 4.77. The highest BCUT2D eigenvalue weighted by molar-refractivity contribution is 6.35. The maximum Gasteiger partial charge on any atom is 0.221 e. The molecule has 0 fully saturated rings. The number of benzene rings is 1. The molecule has 1 aromatic carbocycles. The molecule has 2 aromatic rings. The predicted molar refractivity (Wildman–Crippen MR) is 75.6 cm³/mol. The van der Waals surface area contributed by atoms with Crippen molar-refractivity contribution in [2.75, 3.05) is 7.11 Å². The monoisotopic (exact) mass is 292 g/mol. The van der Waals surface area contributed by atoms with E-state index in [0.717, 1.165) is 16.7 Å². The smallest absolute Gasteiger partial charge is 0.221 e. The van der Waals surface area contributed by atoms with E-state index in [1.165, 1.54) is 0 Å². The third kappa shape index (κ3) is 3.17. The van der Waals surface area contributed by atoms with Gasteiger partial charge in [-0.2, -0.15) is 5.26 Å². The normalized spacial score (nSPS) is 10.0. The zero-order chi connectivity index (χ0) is 13.8. The van der Waals surface area contributed by atoms with Gasteiger partial charge in [-0.25, -0.2) is 4.98 Å². The molecule has 0 radical (unpaired) electrons. The topological polar surface area (TPSA) is 45.9 Å². The molecule has 0 unspecified atom stereocenters. The second kappa shape index (κ2) is 5.92. The third-order valence-electron chi connectivity index (χ3n) is 2.56. The molecule has 0 amide bonds.